The smallest absolute Gasteiger partial charge is 0.120 e. The number of rotatable bonds is 7. The molecule has 0 radical (unpaired) electrons. The highest BCUT2D eigenvalue weighted by Crippen LogP contribution is 2.37. The Balaban J connectivity index is 1.48. The first-order valence-corrected chi connectivity index (χ1v) is 8.53. The zero-order valence-corrected chi connectivity index (χ0v) is 14.3. The van der Waals surface area contributed by atoms with Crippen LogP contribution < -0.4 is 9.47 Å². The molecule has 24 heavy (non-hydrogen) atoms. The molecule has 2 aliphatic rings. The van der Waals surface area contributed by atoms with Crippen LogP contribution in [0.2, 0.25) is 10.0 Å². The third-order valence-corrected chi connectivity index (χ3v) is 4.47. The predicted molar refractivity (Wildman–Crippen MR) is 92.4 cm³/mol. The molecule has 2 heterocycles. The third kappa shape index (κ3) is 3.95. The summed E-state index contributed by atoms with van der Waals surface area (Å²) in [6, 6.07) is 11.2. The molecule has 2 aliphatic heterocycles. The highest BCUT2D eigenvalue weighted by Gasteiger charge is 2.24. The number of hydrogen-bond acceptors (Lipinski definition) is 4. The van der Waals surface area contributed by atoms with Crippen LogP contribution in [-0.2, 0) is 9.47 Å². The second-order valence-electron chi connectivity index (χ2n) is 5.82. The van der Waals surface area contributed by atoms with Crippen LogP contribution in [-0.4, -0.2) is 38.6 Å². The molecule has 0 saturated carbocycles. The molecule has 2 saturated heterocycles. The lowest BCUT2D eigenvalue weighted by atomic mass is 10.1. The fraction of sp³-hybridized carbons (Fsp3) is 0.333. The Bertz CT molecular complexity index is 678. The van der Waals surface area contributed by atoms with E-state index in [0.29, 0.717) is 23.3 Å². The van der Waals surface area contributed by atoms with Gasteiger partial charge in [0.25, 0.3) is 0 Å². The molecule has 0 aliphatic carbocycles. The Hall–Kier alpha value is -1.46. The lowest BCUT2D eigenvalue weighted by Crippen LogP contribution is -2.04. The first-order chi connectivity index (χ1) is 11.7. The van der Waals surface area contributed by atoms with Gasteiger partial charge in [0.1, 0.15) is 36.9 Å². The van der Waals surface area contributed by atoms with Crippen molar-refractivity contribution in [3.05, 3.63) is 46.4 Å². The van der Waals surface area contributed by atoms with E-state index in [0.717, 1.165) is 35.8 Å². The van der Waals surface area contributed by atoms with Gasteiger partial charge in [0, 0.05) is 11.1 Å². The molecule has 0 N–H and O–H groups in total. The fourth-order valence-corrected chi connectivity index (χ4v) is 2.86. The van der Waals surface area contributed by atoms with Crippen molar-refractivity contribution >= 4 is 23.2 Å². The first kappa shape index (κ1) is 16.0. The summed E-state index contributed by atoms with van der Waals surface area (Å²) >= 11 is 12.8. The third-order valence-electron chi connectivity index (χ3n) is 3.85. The van der Waals surface area contributed by atoms with E-state index >= 15 is 0 Å². The Morgan fingerprint density at radius 3 is 1.54 bits per heavy atom. The van der Waals surface area contributed by atoms with E-state index in [2.05, 4.69) is 0 Å². The monoisotopic (exact) mass is 366 g/mol. The summed E-state index contributed by atoms with van der Waals surface area (Å²) in [6.07, 6.45) is 0.429. The molecule has 2 unspecified atom stereocenters. The number of halogens is 2. The van der Waals surface area contributed by atoms with Crippen LogP contribution in [0, 0.1) is 0 Å². The van der Waals surface area contributed by atoms with Crippen molar-refractivity contribution in [2.24, 2.45) is 0 Å². The van der Waals surface area contributed by atoms with Crippen molar-refractivity contribution in [3.8, 4) is 22.6 Å². The van der Waals surface area contributed by atoms with Crippen molar-refractivity contribution in [2.75, 3.05) is 26.4 Å². The first-order valence-electron chi connectivity index (χ1n) is 7.77. The van der Waals surface area contributed by atoms with Gasteiger partial charge in [-0.05, 0) is 36.4 Å². The molecule has 0 spiro atoms. The molecule has 2 aromatic carbocycles. The van der Waals surface area contributed by atoms with E-state index in [1.165, 1.54) is 0 Å². The highest BCUT2D eigenvalue weighted by atomic mass is 35.5. The molecule has 4 rings (SSSR count). The second kappa shape index (κ2) is 6.81. The van der Waals surface area contributed by atoms with Gasteiger partial charge in [0.05, 0.1) is 23.3 Å². The summed E-state index contributed by atoms with van der Waals surface area (Å²) in [5, 5.41) is 1.18. The van der Waals surface area contributed by atoms with Crippen LogP contribution >= 0.6 is 23.2 Å². The number of ether oxygens (including phenoxy) is 4. The van der Waals surface area contributed by atoms with Gasteiger partial charge in [0.15, 0.2) is 0 Å². The lowest BCUT2D eigenvalue weighted by Gasteiger charge is -2.11. The minimum Gasteiger partial charge on any atom is -0.491 e. The Labute approximate surface area is 150 Å². The molecule has 2 aromatic rings. The van der Waals surface area contributed by atoms with E-state index in [9.17, 15) is 0 Å². The molecule has 4 nitrogen and oxygen atoms in total. The van der Waals surface area contributed by atoms with Gasteiger partial charge < -0.3 is 18.9 Å². The lowest BCUT2D eigenvalue weighted by molar-refractivity contribution is 0.263. The molecule has 0 bridgehead atoms. The zero-order valence-electron chi connectivity index (χ0n) is 12.8. The molecule has 2 atom stereocenters. The summed E-state index contributed by atoms with van der Waals surface area (Å²) in [4.78, 5) is 0. The van der Waals surface area contributed by atoms with Crippen molar-refractivity contribution in [1.29, 1.82) is 0 Å². The van der Waals surface area contributed by atoms with E-state index < -0.39 is 0 Å². The van der Waals surface area contributed by atoms with E-state index in [4.69, 9.17) is 42.1 Å². The van der Waals surface area contributed by atoms with Crippen molar-refractivity contribution in [3.63, 3.8) is 0 Å². The summed E-state index contributed by atoms with van der Waals surface area (Å²) in [6.45, 7) is 2.63. The van der Waals surface area contributed by atoms with Gasteiger partial charge in [0.2, 0.25) is 0 Å². The Morgan fingerprint density at radius 1 is 0.792 bits per heavy atom. The van der Waals surface area contributed by atoms with Crippen molar-refractivity contribution in [1.82, 2.24) is 0 Å². The van der Waals surface area contributed by atoms with E-state index in [1.54, 1.807) is 12.1 Å². The van der Waals surface area contributed by atoms with E-state index in [-0.39, 0.29) is 12.2 Å². The van der Waals surface area contributed by atoms with E-state index in [1.807, 2.05) is 24.3 Å². The van der Waals surface area contributed by atoms with Gasteiger partial charge in [-0.15, -0.1) is 0 Å². The largest absolute Gasteiger partial charge is 0.491 e. The predicted octanol–water partition coefficient (Wildman–Crippen LogP) is 4.22. The van der Waals surface area contributed by atoms with Crippen LogP contribution in [0.5, 0.6) is 11.5 Å². The second-order valence-corrected chi connectivity index (χ2v) is 6.63. The fourth-order valence-electron chi connectivity index (χ4n) is 2.31. The number of epoxide rings is 2. The summed E-state index contributed by atoms with van der Waals surface area (Å²) < 4.78 is 21.5. The average molecular weight is 367 g/mol. The van der Waals surface area contributed by atoms with Gasteiger partial charge in [-0.1, -0.05) is 23.2 Å². The van der Waals surface area contributed by atoms with Crippen LogP contribution in [0.4, 0.5) is 0 Å². The van der Waals surface area contributed by atoms with Crippen molar-refractivity contribution < 1.29 is 18.9 Å². The summed E-state index contributed by atoms with van der Waals surface area (Å²) in [7, 11) is 0. The average Bonchev–Trinajstić information content (AvgIpc) is 3.46. The minimum absolute atomic E-state index is 0.214. The Morgan fingerprint density at radius 2 is 1.21 bits per heavy atom. The molecular formula is C18H16Cl2O4. The molecule has 0 aromatic heterocycles. The Kier molecular flexibility index (Phi) is 4.55. The zero-order chi connectivity index (χ0) is 16.5. The maximum Gasteiger partial charge on any atom is 0.120 e. The van der Waals surface area contributed by atoms with Gasteiger partial charge in [-0.2, -0.15) is 0 Å². The quantitative estimate of drug-likeness (QED) is 0.688. The summed E-state index contributed by atoms with van der Waals surface area (Å²) in [5.41, 5.74) is 1.71. The molecule has 2 fully saturated rings. The molecule has 126 valence electrons. The van der Waals surface area contributed by atoms with Crippen LogP contribution in [0.1, 0.15) is 0 Å². The maximum absolute atomic E-state index is 6.40. The van der Waals surface area contributed by atoms with Crippen LogP contribution in [0.15, 0.2) is 36.4 Å². The molecule has 6 heteroatoms. The topological polar surface area (TPSA) is 43.5 Å². The summed E-state index contributed by atoms with van der Waals surface area (Å²) in [5.74, 6) is 1.44. The van der Waals surface area contributed by atoms with Crippen LogP contribution in [0.25, 0.3) is 11.1 Å². The maximum atomic E-state index is 6.40. The molecular weight excluding hydrogens is 351 g/mol. The van der Waals surface area contributed by atoms with Crippen molar-refractivity contribution in [2.45, 2.75) is 12.2 Å². The highest BCUT2D eigenvalue weighted by molar-refractivity contribution is 6.36. The standard InChI is InChI=1S/C18H16Cl2O4/c19-17-5-11(21-7-13-9-23-13)1-3-15(17)16-4-2-12(6-18(16)20)22-8-14-10-24-14/h1-6,13-14H,7-10H2. The van der Waals surface area contributed by atoms with Gasteiger partial charge >= 0.3 is 0 Å². The van der Waals surface area contributed by atoms with Crippen LogP contribution in [0.3, 0.4) is 0 Å². The number of hydrogen-bond donors (Lipinski definition) is 0. The number of benzene rings is 2. The minimum atomic E-state index is 0.214. The normalized spacial score (nSPS) is 21.4. The van der Waals surface area contributed by atoms with Gasteiger partial charge in [-0.25, -0.2) is 0 Å². The SMILES string of the molecule is Clc1cc(OCC2CO2)ccc1-c1ccc(OCC2CO2)cc1Cl. The van der Waals surface area contributed by atoms with Gasteiger partial charge in [-0.3, -0.25) is 0 Å². The molecule has 0 amide bonds.